The van der Waals surface area contributed by atoms with Crippen LogP contribution in [0.2, 0.25) is 0 Å². The topological polar surface area (TPSA) is 108 Å². The molecule has 0 radical (unpaired) electrons. The van der Waals surface area contributed by atoms with Crippen molar-refractivity contribution in [3.05, 3.63) is 24.3 Å². The molecule has 6 rings (SSSR count). The molecule has 3 aliphatic carbocycles. The van der Waals surface area contributed by atoms with Crippen molar-refractivity contribution in [1.82, 2.24) is 10.6 Å². The van der Waals surface area contributed by atoms with E-state index < -0.39 is 24.0 Å². The van der Waals surface area contributed by atoms with Crippen LogP contribution in [0.5, 0.6) is 0 Å². The van der Waals surface area contributed by atoms with Gasteiger partial charge in [0.2, 0.25) is 11.8 Å². The average molecular weight is 497 g/mol. The Morgan fingerprint density at radius 3 is 2.69 bits per heavy atom. The molecular formula is C29H40N2O5. The number of allylic oxidation sites excluding steroid dienone is 2. The molecule has 3 N–H and O–H groups in total. The number of hydrogen-bond donors (Lipinski definition) is 3. The summed E-state index contributed by atoms with van der Waals surface area (Å²) < 4.78 is 6.37. The van der Waals surface area contributed by atoms with Gasteiger partial charge in [-0.05, 0) is 85.5 Å². The van der Waals surface area contributed by atoms with Gasteiger partial charge < -0.3 is 20.5 Å². The minimum absolute atomic E-state index is 0.113. The summed E-state index contributed by atoms with van der Waals surface area (Å²) >= 11 is 0. The normalized spacial score (nSPS) is 51.9. The van der Waals surface area contributed by atoms with Gasteiger partial charge in [-0.2, -0.15) is 0 Å². The van der Waals surface area contributed by atoms with Crippen molar-refractivity contribution in [3.63, 3.8) is 0 Å². The molecule has 2 saturated heterocycles. The summed E-state index contributed by atoms with van der Waals surface area (Å²) in [6.07, 6.45) is 12.4. The van der Waals surface area contributed by atoms with E-state index >= 15 is 0 Å². The van der Waals surface area contributed by atoms with Crippen LogP contribution in [0, 0.1) is 53.3 Å². The Morgan fingerprint density at radius 2 is 1.89 bits per heavy atom. The van der Waals surface area contributed by atoms with Gasteiger partial charge >= 0.3 is 0 Å². The first kappa shape index (κ1) is 24.4. The highest BCUT2D eigenvalue weighted by Crippen LogP contribution is 2.66. The molecule has 13 atom stereocenters. The van der Waals surface area contributed by atoms with Gasteiger partial charge in [0.05, 0.1) is 24.4 Å². The fraction of sp³-hybridized carbons (Fsp3) is 0.759. The molecule has 2 amide bonds. The van der Waals surface area contributed by atoms with E-state index in [2.05, 4.69) is 30.6 Å². The van der Waals surface area contributed by atoms with Crippen LogP contribution in [0.15, 0.2) is 24.3 Å². The van der Waals surface area contributed by atoms with Crippen molar-refractivity contribution in [2.75, 3.05) is 6.54 Å². The van der Waals surface area contributed by atoms with Crippen molar-refractivity contribution in [3.8, 4) is 0 Å². The number of nitrogens with one attached hydrogen (secondary N) is 2. The van der Waals surface area contributed by atoms with Gasteiger partial charge in [-0.25, -0.2) is 0 Å². The summed E-state index contributed by atoms with van der Waals surface area (Å²) in [5.41, 5.74) is 0. The molecule has 5 fully saturated rings. The number of ketones is 1. The Balaban J connectivity index is 1.29. The van der Waals surface area contributed by atoms with Crippen molar-refractivity contribution in [2.24, 2.45) is 53.3 Å². The molecule has 3 aliphatic heterocycles. The third-order valence-electron chi connectivity index (χ3n) is 10.7. The lowest BCUT2D eigenvalue weighted by Crippen LogP contribution is -2.39. The quantitative estimate of drug-likeness (QED) is 0.294. The van der Waals surface area contributed by atoms with Crippen LogP contribution in [0.3, 0.4) is 0 Å². The second-order valence-electron chi connectivity index (χ2n) is 12.3. The lowest BCUT2D eigenvalue weighted by Gasteiger charge is -2.37. The molecule has 6 aliphatic rings. The number of amides is 2. The summed E-state index contributed by atoms with van der Waals surface area (Å²) in [6.45, 7) is 5.19. The second-order valence-corrected chi connectivity index (χ2v) is 12.3. The molecule has 3 saturated carbocycles. The molecule has 0 aromatic heterocycles. The van der Waals surface area contributed by atoms with E-state index in [1.54, 1.807) is 12.2 Å². The number of aliphatic hydroxyl groups is 1. The highest BCUT2D eigenvalue weighted by atomic mass is 16.6. The Kier molecular flexibility index (Phi) is 6.35. The summed E-state index contributed by atoms with van der Waals surface area (Å²) in [6, 6.07) is -0.593. The number of aliphatic hydroxyl groups excluding tert-OH is 1. The number of fused-ring (bicyclic) bond motifs is 10. The molecule has 0 aromatic carbocycles. The van der Waals surface area contributed by atoms with E-state index in [0.717, 1.165) is 18.8 Å². The van der Waals surface area contributed by atoms with E-state index in [4.69, 9.17) is 4.74 Å². The number of carbonyl (C=O) groups excluding carboxylic acids is 3. The predicted molar refractivity (Wildman–Crippen MR) is 133 cm³/mol. The number of epoxide rings is 1. The first-order valence-electron chi connectivity index (χ1n) is 14.2. The third-order valence-corrected chi connectivity index (χ3v) is 10.7. The molecule has 0 spiro atoms. The molecule has 0 aromatic rings. The SMILES string of the molecule is CC[C@H]1C[C@@H]2[C@H]3O[C@H]3[C@H]3[C@H](C[C@H]4/C=C/[C@H](O)[C@@H]5C(=O)N[C@@H](CCCNC(=O)/C=C\C[C@H]34)C5=O)[C@H]2[C@H]1C. The lowest BCUT2D eigenvalue weighted by molar-refractivity contribution is -0.131. The maximum atomic E-state index is 12.9. The largest absolute Gasteiger partial charge is 0.388 e. The fourth-order valence-electron chi connectivity index (χ4n) is 9.01. The van der Waals surface area contributed by atoms with Gasteiger partial charge in [0.1, 0.15) is 5.92 Å². The summed E-state index contributed by atoms with van der Waals surface area (Å²) in [4.78, 5) is 37.8. The van der Waals surface area contributed by atoms with E-state index in [9.17, 15) is 19.5 Å². The van der Waals surface area contributed by atoms with Crippen molar-refractivity contribution < 1.29 is 24.2 Å². The number of Topliss-reactive ketones (excluding diaryl/α,β-unsaturated/α-hetero) is 1. The van der Waals surface area contributed by atoms with Gasteiger partial charge in [0.25, 0.3) is 0 Å². The van der Waals surface area contributed by atoms with Crippen LogP contribution >= 0.6 is 0 Å². The van der Waals surface area contributed by atoms with E-state index in [1.807, 2.05) is 6.08 Å². The maximum absolute atomic E-state index is 12.9. The van der Waals surface area contributed by atoms with Gasteiger partial charge in [0.15, 0.2) is 5.78 Å². The van der Waals surface area contributed by atoms with Crippen LogP contribution in [0.25, 0.3) is 0 Å². The Bertz CT molecular complexity index is 977. The lowest BCUT2D eigenvalue weighted by atomic mass is 9.65. The zero-order chi connectivity index (χ0) is 25.1. The number of hydrogen-bond acceptors (Lipinski definition) is 5. The molecule has 7 heteroatoms. The third kappa shape index (κ3) is 3.97. The minimum Gasteiger partial charge on any atom is -0.388 e. The van der Waals surface area contributed by atoms with Gasteiger partial charge in [-0.1, -0.05) is 38.5 Å². The molecule has 3 heterocycles. The van der Waals surface area contributed by atoms with Gasteiger partial charge in [-0.3, -0.25) is 14.4 Å². The molecule has 7 nitrogen and oxygen atoms in total. The van der Waals surface area contributed by atoms with Crippen molar-refractivity contribution in [1.29, 1.82) is 0 Å². The van der Waals surface area contributed by atoms with Crippen LogP contribution in [-0.2, 0) is 19.1 Å². The zero-order valence-corrected chi connectivity index (χ0v) is 21.3. The second kappa shape index (κ2) is 9.39. The Hall–Kier alpha value is -1.99. The highest BCUT2D eigenvalue weighted by molar-refractivity contribution is 6.11. The summed E-state index contributed by atoms with van der Waals surface area (Å²) in [5.74, 6) is 2.55. The first-order chi connectivity index (χ1) is 17.4. The smallest absolute Gasteiger partial charge is 0.243 e. The first-order valence-corrected chi connectivity index (χ1v) is 14.2. The van der Waals surface area contributed by atoms with E-state index in [-0.39, 0.29) is 17.6 Å². The average Bonchev–Trinajstić information content (AvgIpc) is 3.35. The number of carbonyl (C=O) groups is 3. The monoisotopic (exact) mass is 496 g/mol. The standard InChI is InChI=1S/C29H40N2O5/c1-3-15-12-19-23(14(15)2)18-13-16-9-10-21(32)25-26(34)20(31-29(25)35)7-5-11-30-22(33)8-4-6-17(16)24(18)28-27(19)36-28/h4,8-10,14-21,23-25,27-28,32H,3,5-7,11-13H2,1-2H3,(H,30,33)(H,31,35)/b8-4-,10-9+/t14-,15-,16+,17-,18+,19-,20-,21-,23+,24+,25-,27+,28-/m0/s1. The minimum atomic E-state index is -1.11. The summed E-state index contributed by atoms with van der Waals surface area (Å²) in [7, 11) is 0. The maximum Gasteiger partial charge on any atom is 0.243 e. The van der Waals surface area contributed by atoms with Crippen LogP contribution in [0.4, 0.5) is 0 Å². The molecule has 196 valence electrons. The highest BCUT2D eigenvalue weighted by Gasteiger charge is 2.67. The zero-order valence-electron chi connectivity index (χ0n) is 21.3. The Morgan fingerprint density at radius 1 is 1.06 bits per heavy atom. The van der Waals surface area contributed by atoms with E-state index in [0.29, 0.717) is 67.1 Å². The summed E-state index contributed by atoms with van der Waals surface area (Å²) in [5, 5.41) is 16.6. The van der Waals surface area contributed by atoms with E-state index in [1.165, 1.54) is 12.8 Å². The van der Waals surface area contributed by atoms with Crippen molar-refractivity contribution in [2.45, 2.75) is 76.7 Å². The predicted octanol–water partition coefficient (Wildman–Crippen LogP) is 2.39. The van der Waals surface area contributed by atoms with Gasteiger partial charge in [-0.15, -0.1) is 0 Å². The molecule has 36 heavy (non-hydrogen) atoms. The number of rotatable bonds is 1. The fourth-order valence-corrected chi connectivity index (χ4v) is 9.01. The molecule has 2 bridgehead atoms. The van der Waals surface area contributed by atoms with Crippen LogP contribution < -0.4 is 10.6 Å². The van der Waals surface area contributed by atoms with Gasteiger partial charge in [0, 0.05) is 6.54 Å². The number of ether oxygens (including phenoxy) is 1. The van der Waals surface area contributed by atoms with Crippen LogP contribution in [-0.4, -0.2) is 53.6 Å². The molecular weight excluding hydrogens is 456 g/mol. The Labute approximate surface area is 213 Å². The molecule has 0 unspecified atom stereocenters. The van der Waals surface area contributed by atoms with Crippen molar-refractivity contribution >= 4 is 17.6 Å². The van der Waals surface area contributed by atoms with Crippen LogP contribution in [0.1, 0.15) is 52.4 Å².